The summed E-state index contributed by atoms with van der Waals surface area (Å²) in [6.07, 6.45) is 0. The monoisotopic (exact) mass is 400 g/mol. The highest BCUT2D eigenvalue weighted by atomic mass is 16.5. The number of hydrogen-bond donors (Lipinski definition) is 1. The maximum Gasteiger partial charge on any atom is 0.251 e. The van der Waals surface area contributed by atoms with Crippen molar-refractivity contribution in [2.75, 3.05) is 47.6 Å². The van der Waals surface area contributed by atoms with Crippen LogP contribution in [0.15, 0.2) is 36.4 Å². The minimum absolute atomic E-state index is 0.128. The Kier molecular flexibility index (Phi) is 7.32. The molecular weight excluding hydrogens is 372 g/mol. The van der Waals surface area contributed by atoms with Crippen molar-refractivity contribution in [2.24, 2.45) is 0 Å². The SMILES string of the molecule is COc1cc(CNC(=O)c2ccc(CN3CCOCC3)cc2)cc(OC)c1OC. The van der Waals surface area contributed by atoms with Gasteiger partial charge in [-0.1, -0.05) is 12.1 Å². The molecule has 0 bridgehead atoms. The van der Waals surface area contributed by atoms with Crippen molar-refractivity contribution >= 4 is 5.91 Å². The number of methoxy groups -OCH3 is 3. The van der Waals surface area contributed by atoms with Crippen LogP contribution < -0.4 is 19.5 Å². The normalized spacial score (nSPS) is 14.3. The number of carbonyl (C=O) groups is 1. The largest absolute Gasteiger partial charge is 0.493 e. The number of nitrogens with zero attached hydrogens (tertiary/aromatic N) is 1. The fourth-order valence-electron chi connectivity index (χ4n) is 3.30. The molecule has 3 rings (SSSR count). The molecule has 1 fully saturated rings. The van der Waals surface area contributed by atoms with Crippen LogP contribution in [0.3, 0.4) is 0 Å². The Bertz CT molecular complexity index is 791. The molecule has 1 aliphatic heterocycles. The highest BCUT2D eigenvalue weighted by Gasteiger charge is 2.14. The molecule has 0 saturated carbocycles. The molecular formula is C22H28N2O5. The molecule has 1 N–H and O–H groups in total. The first-order chi connectivity index (χ1) is 14.1. The van der Waals surface area contributed by atoms with E-state index in [2.05, 4.69) is 10.2 Å². The molecule has 0 aliphatic carbocycles. The number of morpholine rings is 1. The first-order valence-corrected chi connectivity index (χ1v) is 9.60. The molecule has 2 aromatic carbocycles. The van der Waals surface area contributed by atoms with Gasteiger partial charge in [0.1, 0.15) is 0 Å². The number of rotatable bonds is 8. The molecule has 0 spiro atoms. The Morgan fingerprint density at radius 1 is 0.966 bits per heavy atom. The summed E-state index contributed by atoms with van der Waals surface area (Å²) < 4.78 is 21.4. The molecule has 7 nitrogen and oxygen atoms in total. The van der Waals surface area contributed by atoms with E-state index in [0.29, 0.717) is 29.4 Å². The molecule has 0 aromatic heterocycles. The Morgan fingerprint density at radius 3 is 2.14 bits per heavy atom. The second-order valence-electron chi connectivity index (χ2n) is 6.80. The lowest BCUT2D eigenvalue weighted by Gasteiger charge is -2.26. The van der Waals surface area contributed by atoms with Crippen molar-refractivity contribution in [3.8, 4) is 17.2 Å². The fourth-order valence-corrected chi connectivity index (χ4v) is 3.30. The van der Waals surface area contributed by atoms with Gasteiger partial charge >= 0.3 is 0 Å². The third-order valence-electron chi connectivity index (χ3n) is 4.90. The van der Waals surface area contributed by atoms with Crippen LogP contribution in [-0.2, 0) is 17.8 Å². The number of nitrogens with one attached hydrogen (secondary N) is 1. The van der Waals surface area contributed by atoms with Gasteiger partial charge in [0.05, 0.1) is 34.5 Å². The zero-order valence-corrected chi connectivity index (χ0v) is 17.2. The van der Waals surface area contributed by atoms with Crippen molar-refractivity contribution in [1.82, 2.24) is 10.2 Å². The van der Waals surface area contributed by atoms with E-state index in [1.807, 2.05) is 36.4 Å². The van der Waals surface area contributed by atoms with E-state index in [4.69, 9.17) is 18.9 Å². The maximum atomic E-state index is 12.5. The van der Waals surface area contributed by atoms with Gasteiger partial charge in [0.15, 0.2) is 11.5 Å². The minimum Gasteiger partial charge on any atom is -0.493 e. The Morgan fingerprint density at radius 2 is 1.59 bits per heavy atom. The van der Waals surface area contributed by atoms with Gasteiger partial charge in [0.2, 0.25) is 5.75 Å². The first-order valence-electron chi connectivity index (χ1n) is 9.60. The van der Waals surface area contributed by atoms with E-state index in [1.54, 1.807) is 21.3 Å². The summed E-state index contributed by atoms with van der Waals surface area (Å²) in [7, 11) is 4.70. The summed E-state index contributed by atoms with van der Waals surface area (Å²) in [5.41, 5.74) is 2.67. The van der Waals surface area contributed by atoms with E-state index in [0.717, 1.165) is 38.4 Å². The van der Waals surface area contributed by atoms with Crippen LogP contribution in [0.25, 0.3) is 0 Å². The fraction of sp³-hybridized carbons (Fsp3) is 0.409. The molecule has 156 valence electrons. The van der Waals surface area contributed by atoms with Gasteiger partial charge in [-0.2, -0.15) is 0 Å². The molecule has 0 unspecified atom stereocenters. The molecule has 29 heavy (non-hydrogen) atoms. The molecule has 7 heteroatoms. The van der Waals surface area contributed by atoms with Crippen molar-refractivity contribution in [1.29, 1.82) is 0 Å². The zero-order chi connectivity index (χ0) is 20.6. The van der Waals surface area contributed by atoms with Gasteiger partial charge < -0.3 is 24.3 Å². The smallest absolute Gasteiger partial charge is 0.251 e. The van der Waals surface area contributed by atoms with Crippen molar-refractivity contribution < 1.29 is 23.7 Å². The lowest BCUT2D eigenvalue weighted by molar-refractivity contribution is 0.0342. The average molecular weight is 400 g/mol. The third-order valence-corrected chi connectivity index (χ3v) is 4.90. The van der Waals surface area contributed by atoms with Crippen LogP contribution in [-0.4, -0.2) is 58.4 Å². The maximum absolute atomic E-state index is 12.5. The van der Waals surface area contributed by atoms with Gasteiger partial charge in [-0.15, -0.1) is 0 Å². The predicted molar refractivity (Wildman–Crippen MR) is 110 cm³/mol. The summed E-state index contributed by atoms with van der Waals surface area (Å²) in [5.74, 6) is 1.52. The highest BCUT2D eigenvalue weighted by molar-refractivity contribution is 5.94. The van der Waals surface area contributed by atoms with Crippen molar-refractivity contribution in [3.63, 3.8) is 0 Å². The van der Waals surface area contributed by atoms with Crippen LogP contribution >= 0.6 is 0 Å². The number of carbonyl (C=O) groups excluding carboxylic acids is 1. The standard InChI is InChI=1S/C22H28N2O5/c1-26-19-12-17(13-20(27-2)21(19)28-3)14-23-22(25)18-6-4-16(5-7-18)15-24-8-10-29-11-9-24/h4-7,12-13H,8-11,14-15H2,1-3H3,(H,23,25). The topological polar surface area (TPSA) is 69.3 Å². The first kappa shape index (κ1) is 21.0. The van der Waals surface area contributed by atoms with Gasteiger partial charge in [-0.05, 0) is 35.4 Å². The Hall–Kier alpha value is -2.77. The van der Waals surface area contributed by atoms with E-state index in [9.17, 15) is 4.79 Å². The Balaban J connectivity index is 1.60. The van der Waals surface area contributed by atoms with E-state index in [-0.39, 0.29) is 5.91 Å². The van der Waals surface area contributed by atoms with E-state index < -0.39 is 0 Å². The van der Waals surface area contributed by atoms with Crippen LogP contribution in [0.4, 0.5) is 0 Å². The van der Waals surface area contributed by atoms with Crippen LogP contribution in [0.5, 0.6) is 17.2 Å². The van der Waals surface area contributed by atoms with Gasteiger partial charge in [-0.25, -0.2) is 0 Å². The number of hydrogen-bond acceptors (Lipinski definition) is 6. The summed E-state index contributed by atoms with van der Waals surface area (Å²) in [5, 5.41) is 2.94. The molecule has 1 aliphatic rings. The summed E-state index contributed by atoms with van der Waals surface area (Å²) >= 11 is 0. The van der Waals surface area contributed by atoms with Crippen molar-refractivity contribution in [3.05, 3.63) is 53.1 Å². The van der Waals surface area contributed by atoms with Gasteiger partial charge in [0, 0.05) is 31.7 Å². The lowest BCUT2D eigenvalue weighted by Crippen LogP contribution is -2.35. The minimum atomic E-state index is -0.128. The van der Waals surface area contributed by atoms with E-state index in [1.165, 1.54) is 5.56 Å². The predicted octanol–water partition coefficient (Wildman–Crippen LogP) is 2.47. The summed E-state index contributed by atoms with van der Waals surface area (Å²) in [4.78, 5) is 14.9. The second-order valence-corrected chi connectivity index (χ2v) is 6.80. The lowest BCUT2D eigenvalue weighted by atomic mass is 10.1. The van der Waals surface area contributed by atoms with E-state index >= 15 is 0 Å². The summed E-state index contributed by atoms with van der Waals surface area (Å²) in [6, 6.07) is 11.4. The Labute approximate surface area is 171 Å². The number of benzene rings is 2. The van der Waals surface area contributed by atoms with Crippen LogP contribution in [0.1, 0.15) is 21.5 Å². The molecule has 1 saturated heterocycles. The van der Waals surface area contributed by atoms with Crippen LogP contribution in [0.2, 0.25) is 0 Å². The van der Waals surface area contributed by atoms with Crippen molar-refractivity contribution in [2.45, 2.75) is 13.1 Å². The number of amides is 1. The molecule has 2 aromatic rings. The quantitative estimate of drug-likeness (QED) is 0.734. The van der Waals surface area contributed by atoms with Crippen LogP contribution in [0, 0.1) is 0 Å². The second kappa shape index (κ2) is 10.1. The van der Waals surface area contributed by atoms with Gasteiger partial charge in [0.25, 0.3) is 5.91 Å². The summed E-state index contributed by atoms with van der Waals surface area (Å²) in [6.45, 7) is 4.67. The molecule has 1 heterocycles. The highest BCUT2D eigenvalue weighted by Crippen LogP contribution is 2.38. The third kappa shape index (κ3) is 5.40. The molecule has 0 atom stereocenters. The zero-order valence-electron chi connectivity index (χ0n) is 17.2. The molecule has 1 amide bonds. The average Bonchev–Trinajstić information content (AvgIpc) is 2.77. The molecule has 0 radical (unpaired) electrons. The van der Waals surface area contributed by atoms with Gasteiger partial charge in [-0.3, -0.25) is 9.69 Å². The number of ether oxygens (including phenoxy) is 4.